The molecule has 3 heteroatoms. The molecule has 76 valence electrons. The van der Waals surface area contributed by atoms with Crippen LogP contribution in [0.15, 0.2) is 5.38 Å². The first-order valence-electron chi connectivity index (χ1n) is 4.75. The minimum atomic E-state index is 0.862. The van der Waals surface area contributed by atoms with E-state index < -0.39 is 0 Å². The summed E-state index contributed by atoms with van der Waals surface area (Å²) in [6.45, 7) is 4.00. The fraction of sp³-hybridized carbons (Fsp3) is 0.545. The second kappa shape index (κ2) is 5.79. The third kappa shape index (κ3) is 3.91. The van der Waals surface area contributed by atoms with Crippen molar-refractivity contribution in [1.82, 2.24) is 9.88 Å². The molecule has 14 heavy (non-hydrogen) atoms. The van der Waals surface area contributed by atoms with E-state index in [1.54, 1.807) is 11.3 Å². The first-order valence-corrected chi connectivity index (χ1v) is 5.63. The molecule has 0 amide bonds. The standard InChI is InChI=1S/C11H16N2S/c1-4-5-6-7-13(3)8-11-9-14-10(2)12-11/h1,9H,5-8H2,2-3H3. The normalized spacial score (nSPS) is 10.4. The van der Waals surface area contributed by atoms with E-state index in [1.165, 1.54) is 0 Å². The number of hydrogen-bond acceptors (Lipinski definition) is 3. The third-order valence-corrected chi connectivity index (χ3v) is 2.78. The van der Waals surface area contributed by atoms with Crippen molar-refractivity contribution in [2.75, 3.05) is 13.6 Å². The summed E-state index contributed by atoms with van der Waals surface area (Å²) < 4.78 is 0. The van der Waals surface area contributed by atoms with E-state index in [1.807, 2.05) is 6.92 Å². The van der Waals surface area contributed by atoms with Crippen LogP contribution in [0.2, 0.25) is 0 Å². The van der Waals surface area contributed by atoms with Crippen LogP contribution >= 0.6 is 11.3 Å². The van der Waals surface area contributed by atoms with Gasteiger partial charge in [-0.05, 0) is 26.9 Å². The predicted octanol–water partition coefficient (Wildman–Crippen LogP) is 2.30. The molecule has 0 fully saturated rings. The van der Waals surface area contributed by atoms with Gasteiger partial charge in [0.25, 0.3) is 0 Å². The molecule has 0 aromatic carbocycles. The lowest BCUT2D eigenvalue weighted by molar-refractivity contribution is 0.320. The smallest absolute Gasteiger partial charge is 0.0897 e. The monoisotopic (exact) mass is 208 g/mol. The Labute approximate surface area is 90.0 Å². The average Bonchev–Trinajstić information content (AvgIpc) is 2.52. The molecule has 1 rings (SSSR count). The van der Waals surface area contributed by atoms with Crippen molar-refractivity contribution < 1.29 is 0 Å². The molecular weight excluding hydrogens is 192 g/mol. The zero-order valence-electron chi connectivity index (χ0n) is 8.79. The van der Waals surface area contributed by atoms with Gasteiger partial charge in [-0.15, -0.1) is 23.7 Å². The number of rotatable bonds is 5. The Balaban J connectivity index is 2.27. The maximum Gasteiger partial charge on any atom is 0.0897 e. The number of unbranched alkanes of at least 4 members (excludes halogenated alkanes) is 1. The molecule has 0 saturated carbocycles. The van der Waals surface area contributed by atoms with Gasteiger partial charge in [0.2, 0.25) is 0 Å². The maximum absolute atomic E-state index is 5.19. The molecule has 0 unspecified atom stereocenters. The summed E-state index contributed by atoms with van der Waals surface area (Å²) in [5, 5.41) is 3.25. The van der Waals surface area contributed by atoms with E-state index in [0.29, 0.717) is 0 Å². The molecule has 0 aliphatic rings. The van der Waals surface area contributed by atoms with Crippen molar-refractivity contribution in [2.24, 2.45) is 0 Å². The van der Waals surface area contributed by atoms with E-state index >= 15 is 0 Å². The molecule has 0 N–H and O–H groups in total. The van der Waals surface area contributed by atoms with Crippen molar-refractivity contribution >= 4 is 11.3 Å². The molecule has 0 radical (unpaired) electrons. The minimum absolute atomic E-state index is 0.862. The van der Waals surface area contributed by atoms with Gasteiger partial charge in [0.15, 0.2) is 0 Å². The second-order valence-electron chi connectivity index (χ2n) is 3.40. The van der Waals surface area contributed by atoms with E-state index in [0.717, 1.165) is 36.6 Å². The molecule has 0 spiro atoms. The summed E-state index contributed by atoms with van der Waals surface area (Å²) in [7, 11) is 2.10. The lowest BCUT2D eigenvalue weighted by atomic mass is 10.3. The van der Waals surface area contributed by atoms with Gasteiger partial charge in [-0.1, -0.05) is 0 Å². The van der Waals surface area contributed by atoms with Gasteiger partial charge in [-0.2, -0.15) is 0 Å². The highest BCUT2D eigenvalue weighted by molar-refractivity contribution is 7.09. The molecular formula is C11H16N2S. The number of hydrogen-bond donors (Lipinski definition) is 0. The molecule has 1 aromatic rings. The molecule has 0 aliphatic heterocycles. The van der Waals surface area contributed by atoms with Crippen molar-refractivity contribution in [3.8, 4) is 12.3 Å². The van der Waals surface area contributed by atoms with Crippen molar-refractivity contribution in [2.45, 2.75) is 26.3 Å². The van der Waals surface area contributed by atoms with Crippen LogP contribution in [-0.4, -0.2) is 23.5 Å². The molecule has 2 nitrogen and oxygen atoms in total. The summed E-state index contributed by atoms with van der Waals surface area (Å²) >= 11 is 1.70. The predicted molar refractivity (Wildman–Crippen MR) is 61.3 cm³/mol. The van der Waals surface area contributed by atoms with Crippen LogP contribution in [0, 0.1) is 19.3 Å². The van der Waals surface area contributed by atoms with Gasteiger partial charge in [-0.25, -0.2) is 4.98 Å². The maximum atomic E-state index is 5.19. The SMILES string of the molecule is C#CCCCN(C)Cc1csc(C)n1. The Bertz CT molecular complexity index is 311. The topological polar surface area (TPSA) is 16.1 Å². The van der Waals surface area contributed by atoms with Crippen molar-refractivity contribution in [3.63, 3.8) is 0 Å². The first-order chi connectivity index (χ1) is 6.72. The fourth-order valence-electron chi connectivity index (χ4n) is 1.29. The molecule has 0 atom stereocenters. The molecule has 0 aliphatic carbocycles. The molecule has 0 bridgehead atoms. The quantitative estimate of drug-likeness (QED) is 0.545. The molecule has 1 aromatic heterocycles. The molecule has 1 heterocycles. The van der Waals surface area contributed by atoms with Crippen LogP contribution in [0.3, 0.4) is 0 Å². The Hall–Kier alpha value is -0.850. The largest absolute Gasteiger partial charge is 0.300 e. The summed E-state index contributed by atoms with van der Waals surface area (Å²) in [5.74, 6) is 2.65. The lowest BCUT2D eigenvalue weighted by Gasteiger charge is -2.13. The van der Waals surface area contributed by atoms with Crippen molar-refractivity contribution in [3.05, 3.63) is 16.1 Å². The van der Waals surface area contributed by atoms with Gasteiger partial charge in [0.1, 0.15) is 0 Å². The van der Waals surface area contributed by atoms with Gasteiger partial charge < -0.3 is 4.90 Å². The Kier molecular flexibility index (Phi) is 4.64. The zero-order valence-corrected chi connectivity index (χ0v) is 9.60. The van der Waals surface area contributed by atoms with E-state index in [2.05, 4.69) is 28.2 Å². The summed E-state index contributed by atoms with van der Waals surface area (Å²) in [6.07, 6.45) is 7.12. The van der Waals surface area contributed by atoms with E-state index in [9.17, 15) is 0 Å². The highest BCUT2D eigenvalue weighted by Gasteiger charge is 2.02. The highest BCUT2D eigenvalue weighted by atomic mass is 32.1. The van der Waals surface area contributed by atoms with Gasteiger partial charge in [-0.3, -0.25) is 0 Å². The number of thiazole rings is 1. The fourth-order valence-corrected chi connectivity index (χ4v) is 1.89. The summed E-state index contributed by atoms with van der Waals surface area (Å²) in [5.41, 5.74) is 1.16. The Morgan fingerprint density at radius 3 is 3.00 bits per heavy atom. The van der Waals surface area contributed by atoms with Crippen LogP contribution < -0.4 is 0 Å². The van der Waals surface area contributed by atoms with Crippen LogP contribution in [0.4, 0.5) is 0 Å². The van der Waals surface area contributed by atoms with E-state index in [-0.39, 0.29) is 0 Å². The third-order valence-electron chi connectivity index (χ3n) is 1.96. The number of terminal acetylenes is 1. The lowest BCUT2D eigenvalue weighted by Crippen LogP contribution is -2.19. The van der Waals surface area contributed by atoms with Crippen LogP contribution in [0.1, 0.15) is 23.5 Å². The van der Waals surface area contributed by atoms with Crippen LogP contribution in [0.5, 0.6) is 0 Å². The minimum Gasteiger partial charge on any atom is -0.300 e. The number of aryl methyl sites for hydroxylation is 1. The molecule has 0 saturated heterocycles. The average molecular weight is 208 g/mol. The highest BCUT2D eigenvalue weighted by Crippen LogP contribution is 2.09. The summed E-state index contributed by atoms with van der Waals surface area (Å²) in [6, 6.07) is 0. The van der Waals surface area contributed by atoms with Gasteiger partial charge in [0.05, 0.1) is 10.7 Å². The van der Waals surface area contributed by atoms with Crippen molar-refractivity contribution in [1.29, 1.82) is 0 Å². The Morgan fingerprint density at radius 2 is 2.43 bits per heavy atom. The second-order valence-corrected chi connectivity index (χ2v) is 4.47. The number of nitrogens with zero attached hydrogens (tertiary/aromatic N) is 2. The number of aromatic nitrogens is 1. The van der Waals surface area contributed by atoms with Crippen LogP contribution in [0.25, 0.3) is 0 Å². The van der Waals surface area contributed by atoms with Gasteiger partial charge in [0, 0.05) is 18.3 Å². The zero-order chi connectivity index (χ0) is 10.4. The van der Waals surface area contributed by atoms with E-state index in [4.69, 9.17) is 6.42 Å². The first kappa shape index (κ1) is 11.2. The summed E-state index contributed by atoms with van der Waals surface area (Å²) in [4.78, 5) is 6.67. The van der Waals surface area contributed by atoms with Crippen LogP contribution in [-0.2, 0) is 6.54 Å². The van der Waals surface area contributed by atoms with Gasteiger partial charge >= 0.3 is 0 Å². The Morgan fingerprint density at radius 1 is 1.64 bits per heavy atom.